The molecule has 86 valence electrons. The molecule has 1 unspecified atom stereocenters. The SMILES string of the molecule is C#CC(C)NS(=O)(=O)N1CCCCCC1. The zero-order chi connectivity index (χ0) is 11.3. The minimum atomic E-state index is -3.38. The van der Waals surface area contributed by atoms with Gasteiger partial charge in [-0.2, -0.15) is 17.4 Å². The molecule has 1 saturated heterocycles. The summed E-state index contributed by atoms with van der Waals surface area (Å²) in [5.41, 5.74) is 0. The lowest BCUT2D eigenvalue weighted by Gasteiger charge is -2.21. The Hall–Kier alpha value is -0.570. The van der Waals surface area contributed by atoms with Crippen molar-refractivity contribution < 1.29 is 8.42 Å². The standard InChI is InChI=1S/C10H18N2O2S/c1-3-10(2)11-15(13,14)12-8-6-4-5-7-9-12/h1,10-11H,4-9H2,2H3. The van der Waals surface area contributed by atoms with E-state index in [4.69, 9.17) is 6.42 Å². The van der Waals surface area contributed by atoms with Crippen LogP contribution in [0.25, 0.3) is 0 Å². The topological polar surface area (TPSA) is 49.4 Å². The monoisotopic (exact) mass is 230 g/mol. The fourth-order valence-electron chi connectivity index (χ4n) is 1.61. The van der Waals surface area contributed by atoms with Crippen LogP contribution in [0.5, 0.6) is 0 Å². The van der Waals surface area contributed by atoms with Crippen LogP contribution in [0.1, 0.15) is 32.6 Å². The highest BCUT2D eigenvalue weighted by Gasteiger charge is 2.23. The Balaban J connectivity index is 2.63. The van der Waals surface area contributed by atoms with Gasteiger partial charge in [0, 0.05) is 13.1 Å². The van der Waals surface area contributed by atoms with Gasteiger partial charge in [-0.15, -0.1) is 6.42 Å². The summed E-state index contributed by atoms with van der Waals surface area (Å²) in [6, 6.07) is -0.446. The van der Waals surface area contributed by atoms with Crippen LogP contribution < -0.4 is 4.72 Å². The Morgan fingerprint density at radius 1 is 1.27 bits per heavy atom. The molecule has 4 nitrogen and oxygen atoms in total. The van der Waals surface area contributed by atoms with Gasteiger partial charge >= 0.3 is 0 Å². The first-order valence-electron chi connectivity index (χ1n) is 5.30. The first kappa shape index (κ1) is 12.5. The van der Waals surface area contributed by atoms with Gasteiger partial charge in [0.2, 0.25) is 0 Å². The lowest BCUT2D eigenvalue weighted by atomic mass is 10.2. The van der Waals surface area contributed by atoms with Crippen LogP contribution >= 0.6 is 0 Å². The molecular formula is C10H18N2O2S. The van der Waals surface area contributed by atoms with Crippen LogP contribution in [0.15, 0.2) is 0 Å². The van der Waals surface area contributed by atoms with Crippen LogP contribution in [0, 0.1) is 12.3 Å². The predicted octanol–water partition coefficient (Wildman–Crippen LogP) is 0.718. The number of nitrogens with zero attached hydrogens (tertiary/aromatic N) is 1. The van der Waals surface area contributed by atoms with E-state index < -0.39 is 16.3 Å². The third kappa shape index (κ3) is 3.82. The number of terminal acetylenes is 1. The number of nitrogens with one attached hydrogen (secondary N) is 1. The summed E-state index contributed by atoms with van der Waals surface area (Å²) in [6.07, 6.45) is 9.23. The molecule has 0 bridgehead atoms. The molecule has 1 N–H and O–H groups in total. The molecule has 1 aliphatic heterocycles. The van der Waals surface area contributed by atoms with Crippen LogP contribution in [0.2, 0.25) is 0 Å². The number of hydrogen-bond acceptors (Lipinski definition) is 2. The second-order valence-electron chi connectivity index (χ2n) is 3.82. The van der Waals surface area contributed by atoms with E-state index in [1.807, 2.05) is 0 Å². The van der Waals surface area contributed by atoms with E-state index in [0.29, 0.717) is 13.1 Å². The van der Waals surface area contributed by atoms with Gasteiger partial charge in [0.25, 0.3) is 10.2 Å². The molecule has 5 heteroatoms. The number of rotatable bonds is 3. The van der Waals surface area contributed by atoms with Crippen LogP contribution in [0.3, 0.4) is 0 Å². The van der Waals surface area contributed by atoms with Crippen molar-refractivity contribution in [2.24, 2.45) is 0 Å². The van der Waals surface area contributed by atoms with Crippen molar-refractivity contribution in [3.63, 3.8) is 0 Å². The zero-order valence-electron chi connectivity index (χ0n) is 9.07. The molecule has 1 aliphatic rings. The summed E-state index contributed by atoms with van der Waals surface area (Å²) >= 11 is 0. The molecular weight excluding hydrogens is 212 g/mol. The minimum Gasteiger partial charge on any atom is -0.195 e. The zero-order valence-corrected chi connectivity index (χ0v) is 9.89. The molecule has 1 atom stereocenters. The van der Waals surface area contributed by atoms with Crippen molar-refractivity contribution in [1.82, 2.24) is 9.03 Å². The van der Waals surface area contributed by atoms with Crippen molar-refractivity contribution in [2.75, 3.05) is 13.1 Å². The number of hydrogen-bond donors (Lipinski definition) is 1. The van der Waals surface area contributed by atoms with Crippen LogP contribution in [-0.2, 0) is 10.2 Å². The highest BCUT2D eigenvalue weighted by atomic mass is 32.2. The lowest BCUT2D eigenvalue weighted by Crippen LogP contribution is -2.44. The predicted molar refractivity (Wildman–Crippen MR) is 60.4 cm³/mol. The molecule has 0 aromatic carbocycles. The highest BCUT2D eigenvalue weighted by Crippen LogP contribution is 2.12. The van der Waals surface area contributed by atoms with Gasteiger partial charge in [-0.1, -0.05) is 18.8 Å². The third-order valence-corrected chi connectivity index (χ3v) is 4.18. The lowest BCUT2D eigenvalue weighted by molar-refractivity contribution is 0.413. The maximum absolute atomic E-state index is 11.8. The summed E-state index contributed by atoms with van der Waals surface area (Å²) in [6.45, 7) is 2.87. The van der Waals surface area contributed by atoms with Crippen molar-refractivity contribution in [3.8, 4) is 12.3 Å². The van der Waals surface area contributed by atoms with E-state index in [1.165, 1.54) is 4.31 Å². The molecule has 1 rings (SSSR count). The first-order valence-corrected chi connectivity index (χ1v) is 6.74. The smallest absolute Gasteiger partial charge is 0.195 e. The van der Waals surface area contributed by atoms with E-state index in [2.05, 4.69) is 10.6 Å². The van der Waals surface area contributed by atoms with Gasteiger partial charge in [-0.05, 0) is 19.8 Å². The van der Waals surface area contributed by atoms with Crippen molar-refractivity contribution in [1.29, 1.82) is 0 Å². The van der Waals surface area contributed by atoms with E-state index in [0.717, 1.165) is 25.7 Å². The molecule has 0 spiro atoms. The van der Waals surface area contributed by atoms with Crippen molar-refractivity contribution in [3.05, 3.63) is 0 Å². The fourth-order valence-corrected chi connectivity index (χ4v) is 3.02. The molecule has 0 aromatic heterocycles. The van der Waals surface area contributed by atoms with Gasteiger partial charge in [0.15, 0.2) is 0 Å². The van der Waals surface area contributed by atoms with E-state index in [-0.39, 0.29) is 0 Å². The first-order chi connectivity index (χ1) is 7.06. The van der Waals surface area contributed by atoms with Crippen LogP contribution in [-0.4, -0.2) is 31.9 Å². The average Bonchev–Trinajstić information content (AvgIpc) is 2.45. The molecule has 15 heavy (non-hydrogen) atoms. The van der Waals surface area contributed by atoms with Gasteiger partial charge in [0.1, 0.15) is 0 Å². The minimum absolute atomic E-state index is 0.446. The normalized spacial score (nSPS) is 21.6. The molecule has 0 aliphatic carbocycles. The summed E-state index contributed by atoms with van der Waals surface area (Å²) in [4.78, 5) is 0. The van der Waals surface area contributed by atoms with Crippen LogP contribution in [0.4, 0.5) is 0 Å². The van der Waals surface area contributed by atoms with E-state index in [1.54, 1.807) is 6.92 Å². The summed E-state index contributed by atoms with van der Waals surface area (Å²) in [5, 5.41) is 0. The summed E-state index contributed by atoms with van der Waals surface area (Å²) < 4.78 is 27.6. The summed E-state index contributed by atoms with van der Waals surface area (Å²) in [7, 11) is -3.38. The van der Waals surface area contributed by atoms with E-state index in [9.17, 15) is 8.42 Å². The third-order valence-electron chi connectivity index (χ3n) is 2.48. The van der Waals surface area contributed by atoms with Gasteiger partial charge in [-0.25, -0.2) is 0 Å². The van der Waals surface area contributed by atoms with Gasteiger partial charge < -0.3 is 0 Å². The Morgan fingerprint density at radius 2 is 1.80 bits per heavy atom. The van der Waals surface area contributed by atoms with Gasteiger partial charge in [0.05, 0.1) is 6.04 Å². The molecule has 0 aromatic rings. The Morgan fingerprint density at radius 3 is 2.27 bits per heavy atom. The Kier molecular flexibility index (Phi) is 4.58. The largest absolute Gasteiger partial charge is 0.280 e. The fraction of sp³-hybridized carbons (Fsp3) is 0.800. The maximum Gasteiger partial charge on any atom is 0.280 e. The second kappa shape index (κ2) is 5.50. The maximum atomic E-state index is 11.8. The highest BCUT2D eigenvalue weighted by molar-refractivity contribution is 7.87. The molecule has 0 radical (unpaired) electrons. The van der Waals surface area contributed by atoms with Gasteiger partial charge in [-0.3, -0.25) is 0 Å². The molecule has 1 heterocycles. The Labute approximate surface area is 92.2 Å². The quantitative estimate of drug-likeness (QED) is 0.726. The van der Waals surface area contributed by atoms with Crippen molar-refractivity contribution in [2.45, 2.75) is 38.6 Å². The summed E-state index contributed by atoms with van der Waals surface area (Å²) in [5.74, 6) is 2.36. The average molecular weight is 230 g/mol. The molecule has 0 amide bonds. The molecule has 1 fully saturated rings. The van der Waals surface area contributed by atoms with Crippen molar-refractivity contribution >= 4 is 10.2 Å². The molecule has 0 saturated carbocycles. The second-order valence-corrected chi connectivity index (χ2v) is 5.53. The Bertz CT molecular complexity index is 324. The van der Waals surface area contributed by atoms with E-state index >= 15 is 0 Å².